The van der Waals surface area contributed by atoms with Crippen LogP contribution in [0.15, 0.2) is 23.1 Å². The van der Waals surface area contributed by atoms with Crippen LogP contribution in [-0.2, 0) is 14.6 Å². The molecule has 1 aliphatic carbocycles. The predicted molar refractivity (Wildman–Crippen MR) is 94.1 cm³/mol. The van der Waals surface area contributed by atoms with Crippen molar-refractivity contribution in [3.8, 4) is 0 Å². The van der Waals surface area contributed by atoms with Gasteiger partial charge in [0.15, 0.2) is 9.84 Å². The molecule has 23 heavy (non-hydrogen) atoms. The number of amides is 1. The van der Waals surface area contributed by atoms with Gasteiger partial charge < -0.3 is 4.90 Å². The zero-order chi connectivity index (χ0) is 16.6. The number of hydrogen-bond donors (Lipinski definition) is 0. The molecule has 8 heteroatoms. The Morgan fingerprint density at radius 3 is 2.35 bits per heavy atom. The number of carbonyl (C=O) groups excluding carboxylic acids is 1. The van der Waals surface area contributed by atoms with Crippen LogP contribution >= 0.6 is 35.0 Å². The fourth-order valence-corrected chi connectivity index (χ4v) is 6.15. The van der Waals surface area contributed by atoms with E-state index in [2.05, 4.69) is 0 Å². The highest BCUT2D eigenvalue weighted by molar-refractivity contribution is 8.00. The smallest absolute Gasteiger partial charge is 0.233 e. The van der Waals surface area contributed by atoms with Crippen LogP contribution in [0.1, 0.15) is 19.3 Å². The Labute approximate surface area is 150 Å². The van der Waals surface area contributed by atoms with Crippen molar-refractivity contribution in [2.24, 2.45) is 0 Å². The Kier molecular flexibility index (Phi) is 5.16. The number of thioether (sulfide) groups is 1. The molecule has 1 unspecified atom stereocenters. The van der Waals surface area contributed by atoms with Crippen molar-refractivity contribution in [1.82, 2.24) is 4.90 Å². The van der Waals surface area contributed by atoms with E-state index in [1.165, 1.54) is 11.8 Å². The van der Waals surface area contributed by atoms with E-state index in [1.54, 1.807) is 23.1 Å². The summed E-state index contributed by atoms with van der Waals surface area (Å²) < 4.78 is 23.4. The molecule has 1 heterocycles. The van der Waals surface area contributed by atoms with Crippen LogP contribution in [0.2, 0.25) is 10.0 Å². The Morgan fingerprint density at radius 2 is 1.83 bits per heavy atom. The third-order valence-electron chi connectivity index (χ3n) is 4.09. The maximum atomic E-state index is 12.6. The molecule has 1 aromatic carbocycles. The van der Waals surface area contributed by atoms with E-state index in [1.807, 2.05) is 0 Å². The van der Waals surface area contributed by atoms with Gasteiger partial charge in [-0.3, -0.25) is 4.79 Å². The molecular formula is C15H17Cl2NO3S2. The van der Waals surface area contributed by atoms with E-state index >= 15 is 0 Å². The molecule has 4 nitrogen and oxygen atoms in total. The topological polar surface area (TPSA) is 54.5 Å². The summed E-state index contributed by atoms with van der Waals surface area (Å²) in [6.45, 7) is 0. The summed E-state index contributed by atoms with van der Waals surface area (Å²) in [5.74, 6) is 0.455. The summed E-state index contributed by atoms with van der Waals surface area (Å²) in [5, 5.41) is 1.05. The molecular weight excluding hydrogens is 377 g/mol. The van der Waals surface area contributed by atoms with E-state index in [9.17, 15) is 13.2 Å². The molecule has 0 spiro atoms. The number of rotatable bonds is 5. The van der Waals surface area contributed by atoms with Gasteiger partial charge in [0.25, 0.3) is 0 Å². The monoisotopic (exact) mass is 393 g/mol. The minimum absolute atomic E-state index is 0.0319. The molecule has 1 saturated carbocycles. The number of halogens is 2. The normalized spacial score (nSPS) is 23.0. The maximum absolute atomic E-state index is 12.6. The summed E-state index contributed by atoms with van der Waals surface area (Å²) in [4.78, 5) is 15.1. The molecule has 0 radical (unpaired) electrons. The number of hydrogen-bond acceptors (Lipinski definition) is 4. The highest BCUT2D eigenvalue weighted by Gasteiger charge is 2.41. The second kappa shape index (κ2) is 6.82. The van der Waals surface area contributed by atoms with Gasteiger partial charge in [-0.1, -0.05) is 29.3 Å². The lowest BCUT2D eigenvalue weighted by Crippen LogP contribution is -2.43. The highest BCUT2D eigenvalue weighted by atomic mass is 35.5. The van der Waals surface area contributed by atoms with Crippen LogP contribution in [0.25, 0.3) is 0 Å². The number of carbonyl (C=O) groups is 1. The fraction of sp³-hybridized carbons (Fsp3) is 0.533. The average Bonchev–Trinajstić information content (AvgIpc) is 3.23. The van der Waals surface area contributed by atoms with Crippen molar-refractivity contribution >= 4 is 50.7 Å². The Morgan fingerprint density at radius 1 is 1.17 bits per heavy atom. The largest absolute Gasteiger partial charge is 0.335 e. The molecule has 2 aliphatic rings. The minimum Gasteiger partial charge on any atom is -0.335 e. The first-order chi connectivity index (χ1) is 10.9. The van der Waals surface area contributed by atoms with Gasteiger partial charge in [0, 0.05) is 17.0 Å². The first-order valence-corrected chi connectivity index (χ1v) is 11.0. The van der Waals surface area contributed by atoms with Crippen molar-refractivity contribution in [3.05, 3.63) is 28.2 Å². The van der Waals surface area contributed by atoms with E-state index in [4.69, 9.17) is 23.2 Å². The van der Waals surface area contributed by atoms with Crippen molar-refractivity contribution < 1.29 is 13.2 Å². The fourth-order valence-electron chi connectivity index (χ4n) is 2.88. The van der Waals surface area contributed by atoms with E-state index in [0.717, 1.165) is 12.8 Å². The summed E-state index contributed by atoms with van der Waals surface area (Å²) in [6.07, 6.45) is 2.46. The average molecular weight is 394 g/mol. The summed E-state index contributed by atoms with van der Waals surface area (Å²) in [5.41, 5.74) is 0. The highest BCUT2D eigenvalue weighted by Crippen LogP contribution is 2.36. The second-order valence-electron chi connectivity index (χ2n) is 5.93. The molecule has 1 aromatic rings. The van der Waals surface area contributed by atoms with Crippen LogP contribution in [0.4, 0.5) is 0 Å². The van der Waals surface area contributed by atoms with Gasteiger partial charge in [0.1, 0.15) is 0 Å². The molecule has 0 bridgehead atoms. The van der Waals surface area contributed by atoms with Crippen LogP contribution in [0.3, 0.4) is 0 Å². The van der Waals surface area contributed by atoms with Crippen molar-refractivity contribution in [2.75, 3.05) is 17.3 Å². The predicted octanol–water partition coefficient (Wildman–Crippen LogP) is 3.26. The van der Waals surface area contributed by atoms with E-state index in [0.29, 0.717) is 21.4 Å². The van der Waals surface area contributed by atoms with Crippen LogP contribution in [0, 0.1) is 0 Å². The SMILES string of the molecule is O=C(CSc1c(Cl)cccc1Cl)N(C1CC1)C1CCS(=O)(=O)C1. The molecule has 0 N–H and O–H groups in total. The number of nitrogens with zero attached hydrogens (tertiary/aromatic N) is 1. The molecule has 0 aromatic heterocycles. The van der Waals surface area contributed by atoms with Crippen LogP contribution < -0.4 is 0 Å². The zero-order valence-electron chi connectivity index (χ0n) is 12.4. The Hall–Kier alpha value is -0.430. The van der Waals surface area contributed by atoms with Gasteiger partial charge in [-0.25, -0.2) is 8.42 Å². The third kappa shape index (κ3) is 4.16. The third-order valence-corrected chi connectivity index (χ3v) is 7.81. The van der Waals surface area contributed by atoms with Gasteiger partial charge in [0.2, 0.25) is 5.91 Å². The first kappa shape index (κ1) is 17.4. The number of benzene rings is 1. The molecule has 3 rings (SSSR count). The summed E-state index contributed by atoms with van der Waals surface area (Å²) in [7, 11) is -3.00. The molecule has 126 valence electrons. The van der Waals surface area contributed by atoms with Gasteiger partial charge in [-0.2, -0.15) is 0 Å². The zero-order valence-corrected chi connectivity index (χ0v) is 15.5. The van der Waals surface area contributed by atoms with Gasteiger partial charge >= 0.3 is 0 Å². The lowest BCUT2D eigenvalue weighted by atomic mass is 10.2. The molecule has 1 saturated heterocycles. The first-order valence-electron chi connectivity index (χ1n) is 7.46. The van der Waals surface area contributed by atoms with Gasteiger partial charge in [0.05, 0.1) is 27.3 Å². The second-order valence-corrected chi connectivity index (χ2v) is 9.96. The number of sulfone groups is 1. The standard InChI is InChI=1S/C15H17Cl2NO3S2/c16-12-2-1-3-13(17)15(12)22-8-14(19)18(10-4-5-10)11-6-7-23(20,21)9-11/h1-3,10-11H,4-9H2. The molecule has 1 amide bonds. The molecule has 2 fully saturated rings. The lowest BCUT2D eigenvalue weighted by Gasteiger charge is -2.28. The van der Waals surface area contributed by atoms with Crippen LogP contribution in [-0.4, -0.2) is 48.6 Å². The van der Waals surface area contributed by atoms with E-state index < -0.39 is 9.84 Å². The maximum Gasteiger partial charge on any atom is 0.233 e. The van der Waals surface area contributed by atoms with Crippen molar-refractivity contribution in [2.45, 2.75) is 36.2 Å². The van der Waals surface area contributed by atoms with Gasteiger partial charge in [-0.05, 0) is 31.4 Å². The van der Waals surface area contributed by atoms with Crippen molar-refractivity contribution in [1.29, 1.82) is 0 Å². The summed E-state index contributed by atoms with van der Waals surface area (Å²) in [6, 6.07) is 5.26. The quantitative estimate of drug-likeness (QED) is 0.720. The lowest BCUT2D eigenvalue weighted by molar-refractivity contribution is -0.130. The van der Waals surface area contributed by atoms with Crippen LogP contribution in [0.5, 0.6) is 0 Å². The Balaban J connectivity index is 1.68. The van der Waals surface area contributed by atoms with E-state index in [-0.39, 0.29) is 35.2 Å². The molecule has 1 aliphatic heterocycles. The molecule has 1 atom stereocenters. The Bertz CT molecular complexity index is 699. The minimum atomic E-state index is -3.00. The van der Waals surface area contributed by atoms with Gasteiger partial charge in [-0.15, -0.1) is 11.8 Å². The summed E-state index contributed by atoms with van der Waals surface area (Å²) >= 11 is 13.6. The van der Waals surface area contributed by atoms with Crippen molar-refractivity contribution in [3.63, 3.8) is 0 Å².